The maximum atomic E-state index is 13.6. The van der Waals surface area contributed by atoms with E-state index in [2.05, 4.69) is 12.1 Å². The summed E-state index contributed by atoms with van der Waals surface area (Å²) in [6.45, 7) is 1.03. The van der Waals surface area contributed by atoms with Crippen LogP contribution in [0.1, 0.15) is 38.3 Å². The predicted octanol–water partition coefficient (Wildman–Crippen LogP) is 6.34. The number of amides is 1. The second-order valence-electron chi connectivity index (χ2n) is 8.56. The third-order valence-corrected chi connectivity index (χ3v) is 6.16. The Labute approximate surface area is 211 Å². The summed E-state index contributed by atoms with van der Waals surface area (Å²) in [7, 11) is 1.57. The topological polar surface area (TPSA) is 66.8 Å². The van der Waals surface area contributed by atoms with Crippen molar-refractivity contribution in [2.24, 2.45) is 0 Å². The molecule has 0 bridgehead atoms. The Morgan fingerprint density at radius 3 is 2.08 bits per heavy atom. The van der Waals surface area contributed by atoms with Crippen molar-refractivity contribution in [3.63, 3.8) is 0 Å². The molecule has 0 saturated carbocycles. The summed E-state index contributed by atoms with van der Waals surface area (Å²) < 4.78 is 5.44. The number of ether oxygens (including phenoxy) is 1. The maximum Gasteiger partial charge on any atom is 0.336 e. The number of rotatable bonds is 10. The number of carbonyl (C=O) groups excluding carboxylic acids is 1. The number of carboxylic acid groups (broad SMARTS) is 1. The van der Waals surface area contributed by atoms with Gasteiger partial charge in [0.2, 0.25) is 0 Å². The third-order valence-electron chi connectivity index (χ3n) is 6.16. The zero-order valence-corrected chi connectivity index (χ0v) is 20.3. The average Bonchev–Trinajstić information content (AvgIpc) is 2.93. The number of para-hydroxylation sites is 1. The lowest BCUT2D eigenvalue weighted by atomic mass is 9.98. The summed E-state index contributed by atoms with van der Waals surface area (Å²) in [6, 6.07) is 32.2. The molecular weight excluding hydrogens is 450 g/mol. The molecule has 0 aliphatic carbocycles. The highest BCUT2D eigenvalue weighted by molar-refractivity contribution is 5.97. The van der Waals surface area contributed by atoms with Gasteiger partial charge in [0, 0.05) is 13.1 Å². The van der Waals surface area contributed by atoms with Gasteiger partial charge in [-0.05, 0) is 53.3 Å². The molecule has 4 aromatic rings. The number of carbonyl (C=O) groups is 2. The van der Waals surface area contributed by atoms with Gasteiger partial charge in [-0.25, -0.2) is 4.79 Å². The van der Waals surface area contributed by atoms with Crippen molar-refractivity contribution in [1.82, 2.24) is 4.90 Å². The van der Waals surface area contributed by atoms with Gasteiger partial charge in [-0.1, -0.05) is 84.9 Å². The molecule has 4 rings (SSSR count). The molecule has 0 aromatic heterocycles. The highest BCUT2D eigenvalue weighted by Crippen LogP contribution is 2.25. The zero-order valence-electron chi connectivity index (χ0n) is 20.3. The minimum atomic E-state index is -0.957. The van der Waals surface area contributed by atoms with Gasteiger partial charge in [-0.3, -0.25) is 4.79 Å². The van der Waals surface area contributed by atoms with Crippen LogP contribution < -0.4 is 4.74 Å². The summed E-state index contributed by atoms with van der Waals surface area (Å²) in [5.41, 5.74) is 4.49. The number of methoxy groups -OCH3 is 1. The highest BCUT2D eigenvalue weighted by Gasteiger charge is 2.20. The molecule has 0 aliphatic rings. The number of nitrogens with zero attached hydrogens (tertiary/aromatic N) is 1. The van der Waals surface area contributed by atoms with Gasteiger partial charge < -0.3 is 14.7 Å². The Balaban J connectivity index is 1.55. The van der Waals surface area contributed by atoms with Crippen LogP contribution in [0.5, 0.6) is 5.75 Å². The van der Waals surface area contributed by atoms with Crippen LogP contribution in [-0.2, 0) is 13.0 Å². The molecule has 1 N–H and O–H groups in total. The van der Waals surface area contributed by atoms with Crippen LogP contribution in [0.25, 0.3) is 11.1 Å². The van der Waals surface area contributed by atoms with E-state index in [1.807, 2.05) is 65.6 Å². The molecule has 4 aromatic carbocycles. The molecule has 0 saturated heterocycles. The molecule has 0 unspecified atom stereocenters. The molecule has 0 heterocycles. The SMILES string of the molecule is COc1ccccc1C(=O)N(CCCc1ccccc1)Cc1ccc(-c2ccccc2C(=O)O)cc1. The summed E-state index contributed by atoms with van der Waals surface area (Å²) in [5.74, 6) is -0.487. The lowest BCUT2D eigenvalue weighted by Gasteiger charge is -2.24. The van der Waals surface area contributed by atoms with E-state index >= 15 is 0 Å². The smallest absolute Gasteiger partial charge is 0.336 e. The quantitative estimate of drug-likeness (QED) is 0.288. The van der Waals surface area contributed by atoms with E-state index in [-0.39, 0.29) is 11.5 Å². The van der Waals surface area contributed by atoms with Crippen LogP contribution in [0.3, 0.4) is 0 Å². The first-order valence-electron chi connectivity index (χ1n) is 11.9. The van der Waals surface area contributed by atoms with Crippen molar-refractivity contribution >= 4 is 11.9 Å². The fraction of sp³-hybridized carbons (Fsp3) is 0.161. The molecular formula is C31H29NO4. The van der Waals surface area contributed by atoms with Gasteiger partial charge in [-0.15, -0.1) is 0 Å². The average molecular weight is 480 g/mol. The van der Waals surface area contributed by atoms with Crippen molar-refractivity contribution in [3.8, 4) is 16.9 Å². The zero-order chi connectivity index (χ0) is 25.3. The third kappa shape index (κ3) is 5.99. The van der Waals surface area contributed by atoms with E-state index in [0.29, 0.717) is 30.0 Å². The van der Waals surface area contributed by atoms with Gasteiger partial charge in [0.1, 0.15) is 5.75 Å². The van der Waals surface area contributed by atoms with Crippen LogP contribution in [-0.4, -0.2) is 35.5 Å². The summed E-state index contributed by atoms with van der Waals surface area (Å²) in [5, 5.41) is 9.52. The first-order valence-corrected chi connectivity index (χ1v) is 11.9. The lowest BCUT2D eigenvalue weighted by molar-refractivity contribution is 0.0695. The molecule has 5 nitrogen and oxygen atoms in total. The fourth-order valence-corrected chi connectivity index (χ4v) is 4.29. The van der Waals surface area contributed by atoms with Gasteiger partial charge >= 0.3 is 5.97 Å². The second-order valence-corrected chi connectivity index (χ2v) is 8.56. The molecule has 5 heteroatoms. The predicted molar refractivity (Wildman–Crippen MR) is 141 cm³/mol. The fourth-order valence-electron chi connectivity index (χ4n) is 4.29. The molecule has 0 atom stereocenters. The second kappa shape index (κ2) is 11.8. The molecule has 0 fully saturated rings. The van der Waals surface area contributed by atoms with Crippen molar-refractivity contribution in [1.29, 1.82) is 0 Å². The van der Waals surface area contributed by atoms with Gasteiger partial charge in [-0.2, -0.15) is 0 Å². The minimum absolute atomic E-state index is 0.0826. The normalized spacial score (nSPS) is 10.6. The number of aromatic carboxylic acids is 1. The van der Waals surface area contributed by atoms with E-state index < -0.39 is 5.97 Å². The van der Waals surface area contributed by atoms with E-state index in [1.165, 1.54) is 5.56 Å². The van der Waals surface area contributed by atoms with Crippen molar-refractivity contribution < 1.29 is 19.4 Å². The largest absolute Gasteiger partial charge is 0.496 e. The minimum Gasteiger partial charge on any atom is -0.496 e. The van der Waals surface area contributed by atoms with E-state index in [1.54, 1.807) is 37.4 Å². The lowest BCUT2D eigenvalue weighted by Crippen LogP contribution is -2.32. The van der Waals surface area contributed by atoms with Crippen LogP contribution in [0.2, 0.25) is 0 Å². The Morgan fingerprint density at radius 1 is 0.750 bits per heavy atom. The number of hydrogen-bond donors (Lipinski definition) is 1. The molecule has 0 spiro atoms. The summed E-state index contributed by atoms with van der Waals surface area (Å²) in [6.07, 6.45) is 1.70. The van der Waals surface area contributed by atoms with Crippen LogP contribution in [0.4, 0.5) is 0 Å². The van der Waals surface area contributed by atoms with Gasteiger partial charge in [0.05, 0.1) is 18.2 Å². The molecule has 1 amide bonds. The Morgan fingerprint density at radius 2 is 1.39 bits per heavy atom. The molecule has 0 radical (unpaired) electrons. The van der Waals surface area contributed by atoms with Crippen molar-refractivity contribution in [2.45, 2.75) is 19.4 Å². The summed E-state index contributed by atoms with van der Waals surface area (Å²) >= 11 is 0. The van der Waals surface area contributed by atoms with Crippen molar-refractivity contribution in [3.05, 3.63) is 125 Å². The molecule has 182 valence electrons. The van der Waals surface area contributed by atoms with E-state index in [9.17, 15) is 14.7 Å². The first-order chi connectivity index (χ1) is 17.6. The van der Waals surface area contributed by atoms with E-state index in [0.717, 1.165) is 24.0 Å². The maximum absolute atomic E-state index is 13.6. The van der Waals surface area contributed by atoms with Crippen LogP contribution >= 0.6 is 0 Å². The summed E-state index contributed by atoms with van der Waals surface area (Å²) in [4.78, 5) is 27.0. The number of aryl methyl sites for hydroxylation is 1. The first kappa shape index (κ1) is 24.7. The number of carboxylic acids is 1. The van der Waals surface area contributed by atoms with Crippen molar-refractivity contribution in [2.75, 3.05) is 13.7 Å². The van der Waals surface area contributed by atoms with Gasteiger partial charge in [0.25, 0.3) is 5.91 Å². The standard InChI is InChI=1S/C31H29NO4/c1-36-29-16-8-7-15-28(29)30(33)32(21-9-12-23-10-3-2-4-11-23)22-24-17-19-25(20-18-24)26-13-5-6-14-27(26)31(34)35/h2-8,10-11,13-20H,9,12,21-22H2,1H3,(H,34,35). The monoisotopic (exact) mass is 479 g/mol. The van der Waals surface area contributed by atoms with Crippen LogP contribution in [0.15, 0.2) is 103 Å². The Kier molecular flexibility index (Phi) is 8.14. The van der Waals surface area contributed by atoms with Crippen LogP contribution in [0, 0.1) is 0 Å². The molecule has 36 heavy (non-hydrogen) atoms. The highest BCUT2D eigenvalue weighted by atomic mass is 16.5. The molecule has 0 aliphatic heterocycles. The van der Waals surface area contributed by atoms with Gasteiger partial charge in [0.15, 0.2) is 0 Å². The van der Waals surface area contributed by atoms with E-state index in [4.69, 9.17) is 4.74 Å². The Bertz CT molecular complexity index is 1320. The Hall–Kier alpha value is -4.38. The number of hydrogen-bond acceptors (Lipinski definition) is 3. The number of benzene rings is 4.